The van der Waals surface area contributed by atoms with Crippen molar-refractivity contribution in [2.75, 3.05) is 6.54 Å². The Morgan fingerprint density at radius 1 is 1.14 bits per heavy atom. The first-order chi connectivity index (χ1) is 10.1. The summed E-state index contributed by atoms with van der Waals surface area (Å²) in [7, 11) is 0. The molecule has 120 valence electrons. The number of benzene rings is 1. The lowest BCUT2D eigenvalue weighted by Gasteiger charge is -2.26. The Hall–Kier alpha value is -1.78. The zero-order valence-corrected chi connectivity index (χ0v) is 13.9. The highest BCUT2D eigenvalue weighted by Crippen LogP contribution is 2.18. The number of nitrogens with one attached hydrogen (secondary N) is 2. The van der Waals surface area contributed by atoms with Gasteiger partial charge in [-0.15, -0.1) is 12.4 Å². The van der Waals surface area contributed by atoms with Crippen LogP contribution in [-0.2, 0) is 0 Å². The second-order valence-electron chi connectivity index (χ2n) is 5.40. The predicted octanol–water partition coefficient (Wildman–Crippen LogP) is 3.35. The molecular formula is C17H24ClN3O. The molecule has 1 aromatic carbocycles. The molecule has 0 bridgehead atoms. The number of nitrogens with two attached hydrogens (primary N) is 1. The average molecular weight is 322 g/mol. The van der Waals surface area contributed by atoms with E-state index in [0.29, 0.717) is 12.2 Å². The molecule has 0 fully saturated rings. The second-order valence-corrected chi connectivity index (χ2v) is 5.40. The molecular weight excluding hydrogens is 298 g/mol. The van der Waals surface area contributed by atoms with Crippen molar-refractivity contribution in [3.63, 3.8) is 0 Å². The van der Waals surface area contributed by atoms with Gasteiger partial charge < -0.3 is 16.0 Å². The van der Waals surface area contributed by atoms with Crippen LogP contribution in [0.2, 0.25) is 0 Å². The molecule has 0 saturated carbocycles. The smallest absolute Gasteiger partial charge is 0.267 e. The fourth-order valence-electron chi connectivity index (χ4n) is 2.17. The first-order valence-corrected chi connectivity index (χ1v) is 7.39. The number of carbonyl (C=O) groups is 1. The summed E-state index contributed by atoms with van der Waals surface area (Å²) in [5.41, 5.74) is 8.42. The third-order valence-electron chi connectivity index (χ3n) is 4.02. The summed E-state index contributed by atoms with van der Waals surface area (Å²) in [4.78, 5) is 15.3. The second kappa shape index (κ2) is 8.01. The highest BCUT2D eigenvalue weighted by atomic mass is 35.5. The van der Waals surface area contributed by atoms with Gasteiger partial charge in [0.2, 0.25) is 0 Å². The van der Waals surface area contributed by atoms with Gasteiger partial charge in [0.1, 0.15) is 5.69 Å². The van der Waals surface area contributed by atoms with Gasteiger partial charge in [0.25, 0.3) is 5.91 Å². The molecule has 1 amide bonds. The number of H-pyrrole nitrogens is 1. The van der Waals surface area contributed by atoms with Crippen molar-refractivity contribution >= 4 is 18.3 Å². The van der Waals surface area contributed by atoms with E-state index in [1.807, 2.05) is 50.2 Å². The number of hydrogen-bond donors (Lipinski definition) is 3. The molecule has 0 radical (unpaired) electrons. The molecule has 1 heterocycles. The normalized spacial score (nSPS) is 10.9. The van der Waals surface area contributed by atoms with Crippen LogP contribution in [0.1, 0.15) is 37.2 Å². The average Bonchev–Trinajstić information content (AvgIpc) is 3.03. The minimum atomic E-state index is -0.329. The largest absolute Gasteiger partial charge is 0.351 e. The Balaban J connectivity index is 0.00000242. The minimum absolute atomic E-state index is 0. The van der Waals surface area contributed by atoms with Gasteiger partial charge in [0, 0.05) is 17.8 Å². The molecule has 4 nitrogen and oxygen atoms in total. The molecule has 0 aliphatic carbocycles. The Labute approximate surface area is 137 Å². The van der Waals surface area contributed by atoms with Crippen molar-refractivity contribution in [2.24, 2.45) is 5.73 Å². The maximum atomic E-state index is 12.2. The zero-order chi connectivity index (χ0) is 15.3. The molecule has 1 aromatic heterocycles. The van der Waals surface area contributed by atoms with E-state index in [2.05, 4.69) is 10.3 Å². The first kappa shape index (κ1) is 18.3. The Kier molecular flexibility index (Phi) is 6.65. The SMILES string of the molecule is CCC(N)(CC)CNC(=O)c1ccc(-c2ccccc2)[nH]1.Cl. The van der Waals surface area contributed by atoms with Gasteiger partial charge >= 0.3 is 0 Å². The number of carbonyl (C=O) groups excluding carboxylic acids is 1. The summed E-state index contributed by atoms with van der Waals surface area (Å²) in [6, 6.07) is 13.6. The molecule has 4 N–H and O–H groups in total. The molecule has 0 spiro atoms. The van der Waals surface area contributed by atoms with Crippen LogP contribution in [0, 0.1) is 0 Å². The quantitative estimate of drug-likeness (QED) is 0.763. The van der Waals surface area contributed by atoms with Crippen molar-refractivity contribution < 1.29 is 4.79 Å². The third-order valence-corrected chi connectivity index (χ3v) is 4.02. The molecule has 2 rings (SSSR count). The molecule has 5 heteroatoms. The van der Waals surface area contributed by atoms with Crippen LogP contribution < -0.4 is 11.1 Å². The summed E-state index contributed by atoms with van der Waals surface area (Å²) >= 11 is 0. The lowest BCUT2D eigenvalue weighted by atomic mass is 9.94. The summed E-state index contributed by atoms with van der Waals surface area (Å²) in [6.45, 7) is 4.56. The fourth-order valence-corrected chi connectivity index (χ4v) is 2.17. The van der Waals surface area contributed by atoms with Crippen LogP contribution in [0.5, 0.6) is 0 Å². The number of rotatable bonds is 6. The van der Waals surface area contributed by atoms with Crippen molar-refractivity contribution in [3.8, 4) is 11.3 Å². The predicted molar refractivity (Wildman–Crippen MR) is 93.3 cm³/mol. The van der Waals surface area contributed by atoms with Crippen molar-refractivity contribution in [2.45, 2.75) is 32.2 Å². The van der Waals surface area contributed by atoms with E-state index < -0.39 is 0 Å². The number of aromatic amines is 1. The van der Waals surface area contributed by atoms with Crippen LogP contribution in [0.25, 0.3) is 11.3 Å². The van der Waals surface area contributed by atoms with Gasteiger partial charge in [-0.1, -0.05) is 44.2 Å². The Morgan fingerprint density at radius 3 is 2.36 bits per heavy atom. The lowest BCUT2D eigenvalue weighted by Crippen LogP contribution is -2.49. The summed E-state index contributed by atoms with van der Waals surface area (Å²) < 4.78 is 0. The molecule has 0 aliphatic rings. The van der Waals surface area contributed by atoms with Gasteiger partial charge in [-0.25, -0.2) is 0 Å². The van der Waals surface area contributed by atoms with Gasteiger partial charge in [0.05, 0.1) is 0 Å². The van der Waals surface area contributed by atoms with E-state index in [0.717, 1.165) is 24.1 Å². The van der Waals surface area contributed by atoms with Crippen molar-refractivity contribution in [1.29, 1.82) is 0 Å². The standard InChI is InChI=1S/C17H23N3O.ClH/c1-3-17(18,4-2)12-19-16(21)15-11-10-14(20-15)13-8-6-5-7-9-13;/h5-11,20H,3-4,12,18H2,1-2H3,(H,19,21);1H. The maximum absolute atomic E-state index is 12.2. The highest BCUT2D eigenvalue weighted by Gasteiger charge is 2.21. The molecule has 0 unspecified atom stereocenters. The summed E-state index contributed by atoms with van der Waals surface area (Å²) in [6.07, 6.45) is 1.67. The summed E-state index contributed by atoms with van der Waals surface area (Å²) in [5.74, 6) is -0.117. The van der Waals surface area contributed by atoms with E-state index in [9.17, 15) is 4.79 Å². The van der Waals surface area contributed by atoms with Crippen LogP contribution in [0.3, 0.4) is 0 Å². The number of hydrogen-bond acceptors (Lipinski definition) is 2. The van der Waals surface area contributed by atoms with Crippen LogP contribution in [-0.4, -0.2) is 23.0 Å². The molecule has 22 heavy (non-hydrogen) atoms. The molecule has 0 saturated heterocycles. The van der Waals surface area contributed by atoms with E-state index in [1.165, 1.54) is 0 Å². The number of aromatic nitrogens is 1. The molecule has 0 aliphatic heterocycles. The van der Waals surface area contributed by atoms with E-state index in [1.54, 1.807) is 6.07 Å². The van der Waals surface area contributed by atoms with Gasteiger partial charge in [0.15, 0.2) is 0 Å². The Morgan fingerprint density at radius 2 is 1.77 bits per heavy atom. The van der Waals surface area contributed by atoms with Crippen molar-refractivity contribution in [1.82, 2.24) is 10.3 Å². The fraction of sp³-hybridized carbons (Fsp3) is 0.353. The van der Waals surface area contributed by atoms with E-state index in [4.69, 9.17) is 5.73 Å². The maximum Gasteiger partial charge on any atom is 0.267 e. The Bertz CT molecular complexity index is 591. The van der Waals surface area contributed by atoms with Crippen LogP contribution in [0.15, 0.2) is 42.5 Å². The zero-order valence-electron chi connectivity index (χ0n) is 13.1. The van der Waals surface area contributed by atoms with Crippen molar-refractivity contribution in [3.05, 3.63) is 48.2 Å². The van der Waals surface area contributed by atoms with Gasteiger partial charge in [-0.2, -0.15) is 0 Å². The third kappa shape index (κ3) is 4.36. The lowest BCUT2D eigenvalue weighted by molar-refractivity contribution is 0.0938. The number of amides is 1. The van der Waals surface area contributed by atoms with Gasteiger partial charge in [-0.05, 0) is 30.5 Å². The molecule has 2 aromatic rings. The summed E-state index contributed by atoms with van der Waals surface area (Å²) in [5, 5.41) is 2.91. The van der Waals surface area contributed by atoms with E-state index >= 15 is 0 Å². The van der Waals surface area contributed by atoms with Crippen LogP contribution in [0.4, 0.5) is 0 Å². The highest BCUT2D eigenvalue weighted by molar-refractivity contribution is 5.93. The van der Waals surface area contributed by atoms with E-state index in [-0.39, 0.29) is 23.9 Å². The monoisotopic (exact) mass is 321 g/mol. The molecule has 0 atom stereocenters. The number of halogens is 1. The topological polar surface area (TPSA) is 70.9 Å². The van der Waals surface area contributed by atoms with Gasteiger partial charge in [-0.3, -0.25) is 4.79 Å². The van der Waals surface area contributed by atoms with Crippen LogP contribution >= 0.6 is 12.4 Å². The first-order valence-electron chi connectivity index (χ1n) is 7.39. The minimum Gasteiger partial charge on any atom is -0.351 e.